The maximum atomic E-state index is 4.42. The maximum Gasteiger partial charge on any atom is 0.172 e. The number of rotatable bonds is 5. The first-order valence-electron chi connectivity index (χ1n) is 6.61. The van der Waals surface area contributed by atoms with Gasteiger partial charge in [0.15, 0.2) is 5.82 Å². The molecule has 102 valence electrons. The lowest BCUT2D eigenvalue weighted by Gasteiger charge is -2.07. The molecule has 0 aliphatic heterocycles. The van der Waals surface area contributed by atoms with Gasteiger partial charge in [0.25, 0.3) is 0 Å². The van der Waals surface area contributed by atoms with E-state index in [4.69, 9.17) is 0 Å². The van der Waals surface area contributed by atoms with Gasteiger partial charge in [-0.15, -0.1) is 0 Å². The van der Waals surface area contributed by atoms with Gasteiger partial charge in [0.05, 0.1) is 23.8 Å². The van der Waals surface area contributed by atoms with E-state index in [1.54, 1.807) is 12.4 Å². The molecule has 2 heterocycles. The van der Waals surface area contributed by atoms with Crippen LogP contribution in [-0.2, 0) is 6.54 Å². The van der Waals surface area contributed by atoms with Crippen molar-refractivity contribution < 1.29 is 0 Å². The van der Waals surface area contributed by atoms with Gasteiger partial charge in [-0.3, -0.25) is 4.98 Å². The summed E-state index contributed by atoms with van der Waals surface area (Å²) in [6, 6.07) is 2.03. The molecule has 0 aromatic carbocycles. The van der Waals surface area contributed by atoms with Gasteiger partial charge >= 0.3 is 0 Å². The molecule has 5 nitrogen and oxygen atoms in total. The predicted octanol–water partition coefficient (Wildman–Crippen LogP) is 2.02. The van der Waals surface area contributed by atoms with Crippen LogP contribution >= 0.6 is 0 Å². The van der Waals surface area contributed by atoms with Crippen LogP contribution < -0.4 is 5.32 Å². The van der Waals surface area contributed by atoms with E-state index in [0.717, 1.165) is 36.0 Å². The molecular formula is C14H21N5. The third-order valence-corrected chi connectivity index (χ3v) is 2.78. The molecule has 0 aliphatic carbocycles. The lowest BCUT2D eigenvalue weighted by molar-refractivity contribution is 0.547. The molecule has 0 fully saturated rings. The molecule has 0 bridgehead atoms. The van der Waals surface area contributed by atoms with Gasteiger partial charge in [0.1, 0.15) is 0 Å². The highest BCUT2D eigenvalue weighted by molar-refractivity contribution is 5.23. The lowest BCUT2D eigenvalue weighted by atomic mass is 10.2. The molecule has 5 heteroatoms. The molecule has 2 rings (SSSR count). The van der Waals surface area contributed by atoms with Crippen molar-refractivity contribution in [1.82, 2.24) is 25.1 Å². The predicted molar refractivity (Wildman–Crippen MR) is 75.2 cm³/mol. The first kappa shape index (κ1) is 13.7. The van der Waals surface area contributed by atoms with Crippen LogP contribution in [0.1, 0.15) is 30.9 Å². The third-order valence-electron chi connectivity index (χ3n) is 2.78. The molecule has 0 aliphatic rings. The number of nitrogens with zero attached hydrogens (tertiary/aromatic N) is 4. The number of nitrogens with one attached hydrogen (secondary N) is 1. The Balaban J connectivity index is 2.04. The van der Waals surface area contributed by atoms with E-state index in [9.17, 15) is 0 Å². The fourth-order valence-electron chi connectivity index (χ4n) is 1.90. The second-order valence-corrected chi connectivity index (χ2v) is 5.23. The standard InChI is InChI=1S/C14H21N5/c1-10(2)6-15-7-13-8-17-14(9-16-13)19-12(4)5-11(3)18-19/h5,8-10,15H,6-7H2,1-4H3. The molecule has 2 aromatic rings. The van der Waals surface area contributed by atoms with E-state index in [0.29, 0.717) is 5.92 Å². The van der Waals surface area contributed by atoms with Crippen molar-refractivity contribution in [2.75, 3.05) is 6.54 Å². The molecule has 2 aromatic heterocycles. The number of hydrogen-bond donors (Lipinski definition) is 1. The van der Waals surface area contributed by atoms with Crippen molar-refractivity contribution in [3.63, 3.8) is 0 Å². The summed E-state index contributed by atoms with van der Waals surface area (Å²) in [5.74, 6) is 1.40. The Bertz CT molecular complexity index is 527. The maximum absolute atomic E-state index is 4.42. The van der Waals surface area contributed by atoms with E-state index in [2.05, 4.69) is 34.2 Å². The summed E-state index contributed by atoms with van der Waals surface area (Å²) in [7, 11) is 0. The average Bonchev–Trinajstić information content (AvgIpc) is 2.69. The summed E-state index contributed by atoms with van der Waals surface area (Å²) < 4.78 is 1.81. The van der Waals surface area contributed by atoms with Crippen LogP contribution in [0.3, 0.4) is 0 Å². The van der Waals surface area contributed by atoms with E-state index < -0.39 is 0 Å². The Morgan fingerprint density at radius 1 is 1.21 bits per heavy atom. The quantitative estimate of drug-likeness (QED) is 0.892. The van der Waals surface area contributed by atoms with Crippen molar-refractivity contribution in [2.45, 2.75) is 34.2 Å². The van der Waals surface area contributed by atoms with Crippen LogP contribution in [0, 0.1) is 19.8 Å². The van der Waals surface area contributed by atoms with E-state index in [1.165, 1.54) is 0 Å². The average molecular weight is 259 g/mol. The first-order chi connectivity index (χ1) is 9.06. The van der Waals surface area contributed by atoms with Gasteiger partial charge in [-0.05, 0) is 32.4 Å². The van der Waals surface area contributed by atoms with Gasteiger partial charge in [-0.1, -0.05) is 13.8 Å². The van der Waals surface area contributed by atoms with Crippen LogP contribution in [0.15, 0.2) is 18.5 Å². The summed E-state index contributed by atoms with van der Waals surface area (Å²) in [5.41, 5.74) is 3.00. The fourth-order valence-corrected chi connectivity index (χ4v) is 1.90. The SMILES string of the molecule is Cc1cc(C)n(-c2cnc(CNCC(C)C)cn2)n1. The number of aryl methyl sites for hydroxylation is 2. The molecule has 0 spiro atoms. The van der Waals surface area contributed by atoms with Gasteiger partial charge in [0.2, 0.25) is 0 Å². The van der Waals surface area contributed by atoms with Crippen LogP contribution in [0.5, 0.6) is 0 Å². The topological polar surface area (TPSA) is 55.6 Å². The van der Waals surface area contributed by atoms with E-state index >= 15 is 0 Å². The summed E-state index contributed by atoms with van der Waals surface area (Å²) in [6.45, 7) is 10.1. The van der Waals surface area contributed by atoms with Crippen molar-refractivity contribution >= 4 is 0 Å². The minimum absolute atomic E-state index is 0.641. The van der Waals surface area contributed by atoms with Gasteiger partial charge in [-0.25, -0.2) is 9.67 Å². The monoisotopic (exact) mass is 259 g/mol. The number of hydrogen-bond acceptors (Lipinski definition) is 4. The first-order valence-corrected chi connectivity index (χ1v) is 6.61. The van der Waals surface area contributed by atoms with Gasteiger partial charge in [0, 0.05) is 12.2 Å². The smallest absolute Gasteiger partial charge is 0.172 e. The minimum Gasteiger partial charge on any atom is -0.311 e. The van der Waals surface area contributed by atoms with Crippen LogP contribution in [0.25, 0.3) is 5.82 Å². The summed E-state index contributed by atoms with van der Waals surface area (Å²) in [4.78, 5) is 8.84. The summed E-state index contributed by atoms with van der Waals surface area (Å²) >= 11 is 0. The minimum atomic E-state index is 0.641. The number of aromatic nitrogens is 4. The highest BCUT2D eigenvalue weighted by Crippen LogP contribution is 2.08. The van der Waals surface area contributed by atoms with Crippen molar-refractivity contribution in [2.24, 2.45) is 5.92 Å². The zero-order chi connectivity index (χ0) is 13.8. The Hall–Kier alpha value is -1.75. The van der Waals surface area contributed by atoms with E-state index in [-0.39, 0.29) is 0 Å². The second-order valence-electron chi connectivity index (χ2n) is 5.23. The summed E-state index contributed by atoms with van der Waals surface area (Å²) in [6.07, 6.45) is 3.57. The molecule has 0 amide bonds. The van der Waals surface area contributed by atoms with Crippen molar-refractivity contribution in [1.29, 1.82) is 0 Å². The molecule has 0 radical (unpaired) electrons. The normalized spacial score (nSPS) is 11.2. The summed E-state index contributed by atoms with van der Waals surface area (Å²) in [5, 5.41) is 7.74. The molecule has 0 saturated heterocycles. The second kappa shape index (κ2) is 5.93. The van der Waals surface area contributed by atoms with E-state index in [1.807, 2.05) is 24.6 Å². The molecular weight excluding hydrogens is 238 g/mol. The third kappa shape index (κ3) is 3.61. The fraction of sp³-hybridized carbons (Fsp3) is 0.500. The Kier molecular flexibility index (Phi) is 4.27. The highest BCUT2D eigenvalue weighted by atomic mass is 15.3. The molecule has 1 N–H and O–H groups in total. The van der Waals surface area contributed by atoms with Crippen molar-refractivity contribution in [3.8, 4) is 5.82 Å². The Labute approximate surface area is 114 Å². The van der Waals surface area contributed by atoms with Crippen LogP contribution in [0.2, 0.25) is 0 Å². The molecule has 0 unspecified atom stereocenters. The zero-order valence-electron chi connectivity index (χ0n) is 12.0. The van der Waals surface area contributed by atoms with Crippen LogP contribution in [-0.4, -0.2) is 26.3 Å². The highest BCUT2D eigenvalue weighted by Gasteiger charge is 2.05. The zero-order valence-corrected chi connectivity index (χ0v) is 12.0. The van der Waals surface area contributed by atoms with Crippen molar-refractivity contribution in [3.05, 3.63) is 35.5 Å². The Morgan fingerprint density at radius 2 is 2.00 bits per heavy atom. The molecule has 0 saturated carbocycles. The Morgan fingerprint density at radius 3 is 2.53 bits per heavy atom. The van der Waals surface area contributed by atoms with Gasteiger partial charge in [-0.2, -0.15) is 5.10 Å². The molecule has 0 atom stereocenters. The molecule has 19 heavy (non-hydrogen) atoms. The largest absolute Gasteiger partial charge is 0.311 e. The lowest BCUT2D eigenvalue weighted by Crippen LogP contribution is -2.19. The van der Waals surface area contributed by atoms with Crippen LogP contribution in [0.4, 0.5) is 0 Å². The van der Waals surface area contributed by atoms with Gasteiger partial charge < -0.3 is 5.32 Å².